The molecule has 768 valence electrons. The number of unbranched alkanes of at least 4 members (excludes halogenated alkanes) is 60. The molecule has 127 heavy (non-hydrogen) atoms. The Morgan fingerprint density at radius 1 is 0.118 bits per heavy atom. The maximum atomic E-state index is 5.60. The third-order valence-electron chi connectivity index (χ3n) is 21.0. The van der Waals surface area contributed by atoms with E-state index in [0.29, 0.717) is 79.3 Å². The van der Waals surface area contributed by atoms with Crippen molar-refractivity contribution in [3.8, 4) is 0 Å². The first-order chi connectivity index (χ1) is 60.7. The molecule has 0 fully saturated rings. The molecule has 0 aliphatic rings. The molecule has 0 amide bonds. The predicted octanol–water partition coefficient (Wildman–Crippen LogP) is 39.1. The van der Waals surface area contributed by atoms with Gasteiger partial charge in [-0.2, -0.15) is 0 Å². The molecule has 0 N–H and O–H groups in total. The zero-order valence-corrected chi connectivity index (χ0v) is 101. The van der Waals surface area contributed by atoms with Crippen molar-refractivity contribution in [1.82, 2.24) is 0 Å². The van der Waals surface area contributed by atoms with Crippen LogP contribution in [-0.2, 0) is 220 Å². The zero-order chi connectivity index (χ0) is 94.9. The summed E-state index contributed by atoms with van der Waals surface area (Å²) in [6.07, 6.45) is 90.0. The third kappa shape index (κ3) is 141. The first kappa shape index (κ1) is 146. The van der Waals surface area contributed by atoms with Gasteiger partial charge < -0.3 is 128 Å². The van der Waals surface area contributed by atoms with Crippen molar-refractivity contribution in [1.29, 1.82) is 0 Å². The largest absolute Gasteiger partial charge is 6.00 e. The summed E-state index contributed by atoms with van der Waals surface area (Å²) in [5.41, 5.74) is -14.4. The van der Waals surface area contributed by atoms with Crippen molar-refractivity contribution in [2.24, 2.45) is 0 Å². The summed E-state index contributed by atoms with van der Waals surface area (Å²) in [5, 5.41) is 0. The number of hydrogen-bond donors (Lipinski definition) is 0. The molecule has 0 saturated heterocycles. The summed E-state index contributed by atoms with van der Waals surface area (Å²) < 4.78 is 67.2. The Bertz CT molecular complexity index is 1860. The second-order valence-electron chi connectivity index (χ2n) is 33.9. The fourth-order valence-corrected chi connectivity index (χ4v) is 23.0. The minimum absolute atomic E-state index is 0. The molecule has 0 atom stereocenters. The molecule has 0 aromatic heterocycles. The normalized spacial score (nSPS) is 11.9. The average Bonchev–Trinajstić information content (AvgIpc) is 0.972. The topological polar surface area (TPSA) is 111 Å². The molecule has 0 aliphatic carbocycles. The van der Waals surface area contributed by atoms with Crippen molar-refractivity contribution in [2.75, 3.05) is 79.3 Å². The minimum Gasteiger partial charge on any atom is -0.691 e. The van der Waals surface area contributed by atoms with E-state index in [4.69, 9.17) is 199 Å². The van der Waals surface area contributed by atoms with Crippen LogP contribution in [0.25, 0.3) is 0 Å². The van der Waals surface area contributed by atoms with Crippen LogP contribution in [-0.4, -0.2) is 79.3 Å². The van der Waals surface area contributed by atoms with Crippen LogP contribution in [0.2, 0.25) is 0 Å². The van der Waals surface area contributed by atoms with Crippen LogP contribution in [0, 0.1) is 0 Å². The van der Waals surface area contributed by atoms with Crippen LogP contribution in [0.4, 0.5) is 0 Å². The van der Waals surface area contributed by atoms with Gasteiger partial charge in [0.1, 0.15) is 0 Å². The van der Waals surface area contributed by atoms with Gasteiger partial charge in [0.05, 0.1) is 113 Å². The summed E-state index contributed by atoms with van der Waals surface area (Å²) in [5.74, 6) is 0. The van der Waals surface area contributed by atoms with Gasteiger partial charge in [0.15, 0.2) is 0 Å². The molecule has 0 aromatic carbocycles. The Morgan fingerprint density at radius 2 is 0.173 bits per heavy atom. The first-order valence-corrected chi connectivity index (χ1v) is 74.2. The Balaban J connectivity index is -0.000000272. The van der Waals surface area contributed by atoms with Crippen molar-refractivity contribution < 1.29 is 75.4 Å². The van der Waals surface area contributed by atoms with E-state index in [-0.39, 0.29) is 21.1 Å². The average molecular weight is 2220 g/mol. The molecule has 0 saturated carbocycles. The molecule has 0 rings (SSSR count). The molecule has 0 aliphatic heterocycles. The summed E-state index contributed by atoms with van der Waals surface area (Å²) in [7, 11) is 0. The maximum absolute atomic E-state index is 5.60. The number of hydrogen-bond acceptors (Lipinski definition) is 24. The van der Waals surface area contributed by atoms with Crippen LogP contribution >= 0.6 is 34.2 Å². The van der Waals surface area contributed by atoms with Crippen LogP contribution in [0.15, 0.2) is 0 Å². The monoisotopic (exact) mass is 2220 g/mol. The van der Waals surface area contributed by atoms with Crippen LogP contribution in [0.3, 0.4) is 0 Å². The Labute approximate surface area is 869 Å². The number of rotatable bonds is 96. The van der Waals surface area contributed by atoms with E-state index < -0.39 is 34.2 Å². The summed E-state index contributed by atoms with van der Waals surface area (Å²) >= 11 is 63.2. The van der Waals surface area contributed by atoms with E-state index in [1.165, 1.54) is 385 Å². The fourth-order valence-electron chi connectivity index (χ4n) is 12.9. The Hall–Kier alpha value is 6.21. The van der Waals surface area contributed by atoms with Crippen molar-refractivity contribution in [3.63, 3.8) is 0 Å². The molecular formula is C96H204MoO12P6S12. The molecule has 0 unspecified atom stereocenters. The third-order valence-corrected chi connectivity index (χ3v) is 34.5. The van der Waals surface area contributed by atoms with E-state index in [0.717, 1.165) is 77.0 Å². The van der Waals surface area contributed by atoms with Crippen LogP contribution < -0.4 is 0 Å². The van der Waals surface area contributed by atoms with E-state index in [2.05, 4.69) is 83.1 Å². The molecule has 0 spiro atoms. The van der Waals surface area contributed by atoms with Crippen molar-refractivity contribution in [3.05, 3.63) is 0 Å². The van der Waals surface area contributed by atoms with Gasteiger partial charge in [0, 0.05) is 0 Å². The summed E-state index contributed by atoms with van der Waals surface area (Å²) in [6.45, 7) is 34.8. The van der Waals surface area contributed by atoms with Gasteiger partial charge in [-0.05, 0) is 77.0 Å². The summed E-state index contributed by atoms with van der Waals surface area (Å²) in [6, 6.07) is 0. The van der Waals surface area contributed by atoms with Gasteiger partial charge in [0.2, 0.25) is 0 Å². The summed E-state index contributed by atoms with van der Waals surface area (Å²) in [4.78, 5) is 0. The van der Waals surface area contributed by atoms with Gasteiger partial charge in [-0.3, -0.25) is 0 Å². The smallest absolute Gasteiger partial charge is 0.691 e. The second-order valence-corrected chi connectivity index (χ2v) is 63.8. The van der Waals surface area contributed by atoms with Gasteiger partial charge in [0.25, 0.3) is 0 Å². The molecule has 0 bridgehead atoms. The van der Waals surface area contributed by atoms with Crippen LogP contribution in [0.1, 0.15) is 545 Å². The van der Waals surface area contributed by atoms with Gasteiger partial charge >= 0.3 is 21.1 Å². The van der Waals surface area contributed by atoms with E-state index in [9.17, 15) is 0 Å². The standard InChI is InChI=1S/6C16H35O2PS2.Mo/c6*1-3-5-7-9-11-13-15-17-19(20,21)18-16-14-12-10-8-6-4-2;/h6*3-16H2,1-2H3,(H,20,21);/q;;;;;;+6/p-6. The first-order valence-electron chi connectivity index (χ1n) is 52.3. The molecule has 0 heterocycles. The van der Waals surface area contributed by atoms with E-state index in [1.807, 2.05) is 0 Å². The van der Waals surface area contributed by atoms with Gasteiger partial charge in [-0.1, -0.05) is 539 Å². The minimum atomic E-state index is -2.40. The van der Waals surface area contributed by atoms with E-state index >= 15 is 0 Å². The predicted molar refractivity (Wildman–Crippen MR) is 602 cm³/mol. The van der Waals surface area contributed by atoms with Crippen LogP contribution in [0.5, 0.6) is 0 Å². The quantitative estimate of drug-likeness (QED) is 0.0249. The SMILES string of the molecule is CCCCCCCCOP(=S)([S-])OCCCCCCCC.CCCCCCCCOP(=S)([S-])OCCCCCCCC.CCCCCCCCOP(=S)([S-])OCCCCCCCC.CCCCCCCCOP(=S)([S-])OCCCCCCCC.CCCCCCCCOP(=S)([S-])OCCCCCCCC.CCCCCCCCOP(=S)([S-])OCCCCCCCC.[Mo+6]. The maximum Gasteiger partial charge on any atom is 6.00 e. The fraction of sp³-hybridized carbons (Fsp3) is 1.00. The molecular weight excluding hydrogens is 2010 g/mol. The Morgan fingerprint density at radius 3 is 0.236 bits per heavy atom. The van der Waals surface area contributed by atoms with E-state index in [1.54, 1.807) is 0 Å². The molecule has 12 nitrogen and oxygen atoms in total. The molecule has 0 radical (unpaired) electrons. The van der Waals surface area contributed by atoms with Gasteiger partial charge in [-0.15, -0.1) is 0 Å². The second kappa shape index (κ2) is 119. The van der Waals surface area contributed by atoms with Crippen molar-refractivity contribution in [2.45, 2.75) is 545 Å². The zero-order valence-electron chi connectivity index (χ0n) is 84.3. The molecule has 0 aromatic rings. The Kier molecular flexibility index (Phi) is 137. The van der Waals surface area contributed by atoms with Crippen molar-refractivity contribution >= 4 is 178 Å². The van der Waals surface area contributed by atoms with Gasteiger partial charge in [-0.25, -0.2) is 0 Å². The molecule has 31 heteroatoms.